The van der Waals surface area contributed by atoms with Crippen molar-refractivity contribution < 1.29 is 4.52 Å². The van der Waals surface area contributed by atoms with Crippen molar-refractivity contribution in [2.24, 2.45) is 0 Å². The molecule has 4 heterocycles. The highest BCUT2D eigenvalue weighted by Crippen LogP contribution is 2.41. The monoisotopic (exact) mass is 370 g/mol. The predicted octanol–water partition coefficient (Wildman–Crippen LogP) is 4.45. The van der Waals surface area contributed by atoms with Crippen LogP contribution in [0.2, 0.25) is 0 Å². The van der Waals surface area contributed by atoms with Gasteiger partial charge in [-0.1, -0.05) is 5.16 Å². The molecule has 1 aromatic carbocycles. The van der Waals surface area contributed by atoms with Crippen LogP contribution in [0.4, 0.5) is 0 Å². The summed E-state index contributed by atoms with van der Waals surface area (Å²) in [4.78, 5) is 17.5. The second kappa shape index (κ2) is 5.51. The quantitative estimate of drug-likeness (QED) is 0.507. The van der Waals surface area contributed by atoms with Crippen molar-refractivity contribution in [3.8, 4) is 16.8 Å². The molecule has 7 heteroatoms. The number of nitrogens with zero attached hydrogens (tertiary/aromatic N) is 5. The van der Waals surface area contributed by atoms with Crippen LogP contribution in [0.5, 0.6) is 0 Å². The second-order valence-electron chi connectivity index (χ2n) is 7.45. The summed E-state index contributed by atoms with van der Waals surface area (Å²) >= 11 is 0. The number of hydrogen-bond acceptors (Lipinski definition) is 5. The highest BCUT2D eigenvalue weighted by molar-refractivity contribution is 5.92. The fourth-order valence-corrected chi connectivity index (χ4v) is 3.92. The summed E-state index contributed by atoms with van der Waals surface area (Å²) in [6.07, 6.45) is 6.00. The third kappa shape index (κ3) is 2.22. The van der Waals surface area contributed by atoms with E-state index in [9.17, 15) is 0 Å². The van der Waals surface area contributed by atoms with Gasteiger partial charge in [0.25, 0.3) is 0 Å². The highest BCUT2D eigenvalue weighted by atomic mass is 16.5. The van der Waals surface area contributed by atoms with E-state index in [0.717, 1.165) is 56.3 Å². The van der Waals surface area contributed by atoms with E-state index in [1.165, 1.54) is 12.8 Å². The number of fused-ring (bicyclic) bond motifs is 2. The van der Waals surface area contributed by atoms with Gasteiger partial charge in [-0.2, -0.15) is 0 Å². The normalized spacial score (nSPS) is 14.4. The van der Waals surface area contributed by atoms with Crippen LogP contribution in [0.3, 0.4) is 0 Å². The van der Waals surface area contributed by atoms with Crippen LogP contribution in [-0.2, 0) is 0 Å². The molecular weight excluding hydrogens is 352 g/mol. The molecule has 0 atom stereocenters. The fourth-order valence-electron chi connectivity index (χ4n) is 3.92. The number of nitrogens with one attached hydrogen (secondary N) is 1. The number of aryl methyl sites for hydroxylation is 2. The lowest BCUT2D eigenvalue weighted by Gasteiger charge is -2.09. The van der Waals surface area contributed by atoms with Crippen molar-refractivity contribution in [1.82, 2.24) is 29.7 Å². The van der Waals surface area contributed by atoms with Gasteiger partial charge in [0.2, 0.25) is 0 Å². The molecule has 138 valence electrons. The van der Waals surface area contributed by atoms with Gasteiger partial charge in [-0.25, -0.2) is 15.0 Å². The van der Waals surface area contributed by atoms with Gasteiger partial charge in [-0.15, -0.1) is 0 Å². The average molecular weight is 370 g/mol. The Kier molecular flexibility index (Phi) is 3.06. The Morgan fingerprint density at radius 2 is 2.04 bits per heavy atom. The van der Waals surface area contributed by atoms with Gasteiger partial charge in [0.05, 0.1) is 22.4 Å². The van der Waals surface area contributed by atoms with E-state index in [4.69, 9.17) is 9.51 Å². The molecule has 0 amide bonds. The lowest BCUT2D eigenvalue weighted by molar-refractivity contribution is 0.393. The Labute approximate surface area is 160 Å². The van der Waals surface area contributed by atoms with Gasteiger partial charge < -0.3 is 9.51 Å². The summed E-state index contributed by atoms with van der Waals surface area (Å²) in [6, 6.07) is 8.12. The summed E-state index contributed by atoms with van der Waals surface area (Å²) in [5, 5.41) is 4.12. The lowest BCUT2D eigenvalue weighted by atomic mass is 10.0. The van der Waals surface area contributed by atoms with Crippen molar-refractivity contribution in [2.75, 3.05) is 0 Å². The summed E-state index contributed by atoms with van der Waals surface area (Å²) in [5.74, 6) is 2.40. The van der Waals surface area contributed by atoms with Crippen LogP contribution in [0.25, 0.3) is 39.0 Å². The molecule has 1 aliphatic carbocycles. The second-order valence-corrected chi connectivity index (χ2v) is 7.45. The largest absolute Gasteiger partial charge is 0.361 e. The van der Waals surface area contributed by atoms with Crippen molar-refractivity contribution in [1.29, 1.82) is 0 Å². The molecule has 0 unspecified atom stereocenters. The van der Waals surface area contributed by atoms with E-state index in [1.54, 1.807) is 6.20 Å². The minimum atomic E-state index is 0.542. The first-order chi connectivity index (χ1) is 13.7. The van der Waals surface area contributed by atoms with Gasteiger partial charge in [-0.3, -0.25) is 4.57 Å². The number of benzene rings is 1. The van der Waals surface area contributed by atoms with Crippen LogP contribution in [0.15, 0.2) is 41.3 Å². The summed E-state index contributed by atoms with van der Waals surface area (Å²) in [5.41, 5.74) is 7.52. The first-order valence-electron chi connectivity index (χ1n) is 9.44. The Balaban J connectivity index is 1.68. The molecule has 0 radical (unpaired) electrons. The SMILES string of the molecule is Cc1noc(C)c1-c1cc(-n2cnc3cccnc32)c2[nH]c(C3CC3)nc2c1. The molecule has 1 N–H and O–H groups in total. The maximum absolute atomic E-state index is 5.41. The molecule has 28 heavy (non-hydrogen) atoms. The van der Waals surface area contributed by atoms with Gasteiger partial charge in [0.15, 0.2) is 5.65 Å². The standard InChI is InChI=1S/C21H18N6O/c1-11-18(12(2)28-26-11)14-8-16-19(25-20(24-16)13-5-6-13)17(9-14)27-10-23-15-4-3-7-22-21(15)27/h3-4,7-10,13H,5-6H2,1-2H3,(H,24,25). The molecule has 0 bridgehead atoms. The van der Waals surface area contributed by atoms with Gasteiger partial charge in [0.1, 0.15) is 23.4 Å². The van der Waals surface area contributed by atoms with Crippen molar-refractivity contribution in [3.63, 3.8) is 0 Å². The maximum atomic E-state index is 5.41. The summed E-state index contributed by atoms with van der Waals surface area (Å²) in [6.45, 7) is 3.90. The molecule has 5 aromatic rings. The van der Waals surface area contributed by atoms with Crippen molar-refractivity contribution >= 4 is 22.2 Å². The van der Waals surface area contributed by atoms with Gasteiger partial charge in [0, 0.05) is 17.7 Å². The molecular formula is C21H18N6O. The van der Waals surface area contributed by atoms with E-state index in [1.807, 2.05) is 36.9 Å². The fraction of sp³-hybridized carbons (Fsp3) is 0.238. The molecule has 7 nitrogen and oxygen atoms in total. The Morgan fingerprint density at radius 1 is 1.14 bits per heavy atom. The number of imidazole rings is 2. The zero-order chi connectivity index (χ0) is 18.8. The average Bonchev–Trinajstić information content (AvgIpc) is 3.17. The summed E-state index contributed by atoms with van der Waals surface area (Å²) in [7, 11) is 0. The van der Waals surface area contributed by atoms with E-state index >= 15 is 0 Å². The van der Waals surface area contributed by atoms with E-state index < -0.39 is 0 Å². The van der Waals surface area contributed by atoms with E-state index in [-0.39, 0.29) is 0 Å². The predicted molar refractivity (Wildman–Crippen MR) is 105 cm³/mol. The molecule has 1 aliphatic rings. The molecule has 0 saturated heterocycles. The Morgan fingerprint density at radius 3 is 2.82 bits per heavy atom. The topological polar surface area (TPSA) is 85.4 Å². The van der Waals surface area contributed by atoms with Gasteiger partial charge >= 0.3 is 0 Å². The number of H-pyrrole nitrogens is 1. The third-order valence-electron chi connectivity index (χ3n) is 5.44. The Hall–Kier alpha value is -3.48. The van der Waals surface area contributed by atoms with E-state index in [2.05, 4.69) is 32.2 Å². The molecule has 0 spiro atoms. The molecule has 1 saturated carbocycles. The number of aromatic nitrogens is 6. The van der Waals surface area contributed by atoms with Crippen LogP contribution in [-0.4, -0.2) is 29.7 Å². The highest BCUT2D eigenvalue weighted by Gasteiger charge is 2.28. The van der Waals surface area contributed by atoms with Crippen LogP contribution < -0.4 is 0 Å². The molecule has 4 aromatic heterocycles. The van der Waals surface area contributed by atoms with Crippen molar-refractivity contribution in [3.05, 3.63) is 54.1 Å². The third-order valence-corrected chi connectivity index (χ3v) is 5.44. The van der Waals surface area contributed by atoms with E-state index in [0.29, 0.717) is 5.92 Å². The number of rotatable bonds is 3. The number of aromatic amines is 1. The maximum Gasteiger partial charge on any atom is 0.164 e. The lowest BCUT2D eigenvalue weighted by Crippen LogP contribution is -1.97. The number of pyridine rings is 1. The summed E-state index contributed by atoms with van der Waals surface area (Å²) < 4.78 is 7.43. The first kappa shape index (κ1) is 15.6. The molecule has 6 rings (SSSR count). The van der Waals surface area contributed by atoms with Crippen LogP contribution in [0, 0.1) is 13.8 Å². The zero-order valence-corrected chi connectivity index (χ0v) is 15.6. The Bertz CT molecular complexity index is 1330. The smallest absolute Gasteiger partial charge is 0.164 e. The minimum Gasteiger partial charge on any atom is -0.361 e. The molecule has 1 fully saturated rings. The van der Waals surface area contributed by atoms with Gasteiger partial charge in [-0.05, 0) is 56.5 Å². The zero-order valence-electron chi connectivity index (χ0n) is 15.6. The first-order valence-corrected chi connectivity index (χ1v) is 9.44. The van der Waals surface area contributed by atoms with Crippen LogP contribution in [0.1, 0.15) is 36.0 Å². The molecule has 0 aliphatic heterocycles. The van der Waals surface area contributed by atoms with Crippen LogP contribution >= 0.6 is 0 Å². The van der Waals surface area contributed by atoms with Crippen molar-refractivity contribution in [2.45, 2.75) is 32.6 Å². The number of hydrogen-bond donors (Lipinski definition) is 1. The minimum absolute atomic E-state index is 0.542.